The van der Waals surface area contributed by atoms with Crippen LogP contribution >= 0.6 is 0 Å². The summed E-state index contributed by atoms with van der Waals surface area (Å²) in [6.45, 7) is 0. The van der Waals surface area contributed by atoms with E-state index >= 15 is 0 Å². The standard InChI is InChI=1S/C27H24N2O5S/c1-32-21-12-8-18(9-13-21)23-16-28-17-24(23)35(30,31)27-25(19-6-4-3-5-7-19)29-34-26(27)20-10-14-22(33-2)15-11-20/h3-17,26-28H,1-2H3. The van der Waals surface area contributed by atoms with E-state index in [4.69, 9.17) is 14.3 Å². The van der Waals surface area contributed by atoms with Crippen molar-refractivity contribution in [2.24, 2.45) is 5.16 Å². The fraction of sp³-hybridized carbons (Fsp3) is 0.148. The molecule has 0 amide bonds. The van der Waals surface area contributed by atoms with Crippen molar-refractivity contribution in [1.82, 2.24) is 4.98 Å². The molecule has 1 N–H and O–H groups in total. The highest BCUT2D eigenvalue weighted by Crippen LogP contribution is 2.40. The summed E-state index contributed by atoms with van der Waals surface area (Å²) in [5, 5.41) is 3.22. The van der Waals surface area contributed by atoms with Crippen LogP contribution in [0.3, 0.4) is 0 Å². The highest BCUT2D eigenvalue weighted by atomic mass is 32.2. The van der Waals surface area contributed by atoms with Gasteiger partial charge in [-0.1, -0.05) is 59.8 Å². The minimum absolute atomic E-state index is 0.181. The predicted molar refractivity (Wildman–Crippen MR) is 134 cm³/mol. The van der Waals surface area contributed by atoms with Crippen LogP contribution in [0.1, 0.15) is 17.2 Å². The second-order valence-electron chi connectivity index (χ2n) is 8.07. The molecule has 35 heavy (non-hydrogen) atoms. The lowest BCUT2D eigenvalue weighted by Crippen LogP contribution is -2.33. The fourth-order valence-electron chi connectivity index (χ4n) is 4.25. The third-order valence-electron chi connectivity index (χ3n) is 6.07. The summed E-state index contributed by atoms with van der Waals surface area (Å²) in [7, 11) is -0.780. The Bertz CT molecular complexity index is 1440. The molecular weight excluding hydrogens is 464 g/mol. The van der Waals surface area contributed by atoms with Gasteiger partial charge in [-0.15, -0.1) is 0 Å². The number of hydrogen-bond donors (Lipinski definition) is 1. The van der Waals surface area contributed by atoms with Gasteiger partial charge in [0, 0.05) is 23.5 Å². The molecule has 5 rings (SSSR count). The predicted octanol–water partition coefficient (Wildman–Crippen LogP) is 5.02. The van der Waals surface area contributed by atoms with Gasteiger partial charge in [0.25, 0.3) is 0 Å². The van der Waals surface area contributed by atoms with Gasteiger partial charge >= 0.3 is 0 Å². The van der Waals surface area contributed by atoms with Gasteiger partial charge < -0.3 is 19.3 Å². The van der Waals surface area contributed by atoms with Crippen molar-refractivity contribution in [3.63, 3.8) is 0 Å². The number of benzene rings is 3. The maximum atomic E-state index is 14.3. The van der Waals surface area contributed by atoms with E-state index in [0.717, 1.165) is 5.56 Å². The molecule has 2 heterocycles. The summed E-state index contributed by atoms with van der Waals surface area (Å²) >= 11 is 0. The van der Waals surface area contributed by atoms with Crippen LogP contribution in [-0.2, 0) is 14.7 Å². The highest BCUT2D eigenvalue weighted by molar-refractivity contribution is 7.93. The number of H-pyrrole nitrogens is 1. The number of rotatable bonds is 7. The zero-order chi connectivity index (χ0) is 24.4. The summed E-state index contributed by atoms with van der Waals surface area (Å²) in [6, 6.07) is 23.7. The number of aromatic amines is 1. The van der Waals surface area contributed by atoms with Crippen LogP contribution in [0, 0.1) is 0 Å². The number of sulfone groups is 1. The third kappa shape index (κ3) is 4.17. The van der Waals surface area contributed by atoms with E-state index in [2.05, 4.69) is 10.1 Å². The van der Waals surface area contributed by atoms with Crippen LogP contribution in [0.25, 0.3) is 11.1 Å². The van der Waals surface area contributed by atoms with Crippen molar-refractivity contribution in [3.05, 3.63) is 102 Å². The first-order chi connectivity index (χ1) is 17.0. The maximum Gasteiger partial charge on any atom is 0.193 e. The van der Waals surface area contributed by atoms with Crippen molar-refractivity contribution >= 4 is 15.5 Å². The van der Waals surface area contributed by atoms with Crippen molar-refractivity contribution in [2.75, 3.05) is 14.2 Å². The zero-order valence-corrected chi connectivity index (χ0v) is 20.0. The van der Waals surface area contributed by atoms with Crippen molar-refractivity contribution in [2.45, 2.75) is 16.2 Å². The van der Waals surface area contributed by atoms with Crippen molar-refractivity contribution in [3.8, 4) is 22.6 Å². The second-order valence-corrected chi connectivity index (χ2v) is 10.1. The van der Waals surface area contributed by atoms with Crippen LogP contribution < -0.4 is 9.47 Å². The first-order valence-electron chi connectivity index (χ1n) is 11.0. The average molecular weight is 489 g/mol. The summed E-state index contributed by atoms with van der Waals surface area (Å²) < 4.78 is 39.0. The Hall–Kier alpha value is -4.04. The van der Waals surface area contributed by atoms with Gasteiger partial charge in [-0.2, -0.15) is 0 Å². The van der Waals surface area contributed by atoms with E-state index in [9.17, 15) is 8.42 Å². The van der Waals surface area contributed by atoms with Gasteiger partial charge in [0.05, 0.1) is 19.1 Å². The number of hydrogen-bond acceptors (Lipinski definition) is 6. The number of nitrogens with one attached hydrogen (secondary N) is 1. The number of aromatic nitrogens is 1. The molecule has 4 aromatic rings. The fourth-order valence-corrected chi connectivity index (χ4v) is 6.24. The van der Waals surface area contributed by atoms with Crippen molar-refractivity contribution < 1.29 is 22.7 Å². The topological polar surface area (TPSA) is 90.0 Å². The molecule has 0 bridgehead atoms. The molecule has 8 heteroatoms. The normalized spacial score (nSPS) is 17.5. The largest absolute Gasteiger partial charge is 0.497 e. The first kappa shape index (κ1) is 22.7. The molecule has 0 saturated heterocycles. The third-order valence-corrected chi connectivity index (χ3v) is 8.16. The Balaban J connectivity index is 1.61. The van der Waals surface area contributed by atoms with Crippen LogP contribution in [0.4, 0.5) is 0 Å². The average Bonchev–Trinajstić information content (AvgIpc) is 3.58. The summed E-state index contributed by atoms with van der Waals surface area (Å²) in [6.07, 6.45) is 2.38. The molecule has 1 aliphatic rings. The summed E-state index contributed by atoms with van der Waals surface area (Å²) in [5.74, 6) is 1.36. The van der Waals surface area contributed by atoms with Gasteiger partial charge in [0.2, 0.25) is 0 Å². The van der Waals surface area contributed by atoms with Crippen molar-refractivity contribution in [1.29, 1.82) is 0 Å². The minimum atomic E-state index is -3.95. The van der Waals surface area contributed by atoms with E-state index < -0.39 is 21.2 Å². The van der Waals surface area contributed by atoms with Crippen LogP contribution in [0.2, 0.25) is 0 Å². The van der Waals surface area contributed by atoms with E-state index in [1.54, 1.807) is 56.8 Å². The molecule has 0 aliphatic carbocycles. The minimum Gasteiger partial charge on any atom is -0.497 e. The molecular formula is C27H24N2O5S. The molecule has 178 valence electrons. The molecule has 3 aromatic carbocycles. The van der Waals surface area contributed by atoms with E-state index in [0.29, 0.717) is 33.9 Å². The quantitative estimate of drug-likeness (QED) is 0.395. The zero-order valence-electron chi connectivity index (χ0n) is 19.2. The number of methoxy groups -OCH3 is 2. The molecule has 0 spiro atoms. The number of nitrogens with zero attached hydrogens (tertiary/aromatic N) is 1. The van der Waals surface area contributed by atoms with Gasteiger partial charge in [0.15, 0.2) is 21.2 Å². The van der Waals surface area contributed by atoms with E-state index in [1.807, 2.05) is 42.5 Å². The molecule has 1 aromatic heterocycles. The Morgan fingerprint density at radius 2 is 1.43 bits per heavy atom. The smallest absolute Gasteiger partial charge is 0.193 e. The lowest BCUT2D eigenvalue weighted by Gasteiger charge is -2.20. The van der Waals surface area contributed by atoms with Crippen LogP contribution in [0.15, 0.2) is 101 Å². The van der Waals surface area contributed by atoms with Crippen LogP contribution in [0.5, 0.6) is 11.5 Å². The van der Waals surface area contributed by atoms with E-state index in [-0.39, 0.29) is 4.90 Å². The second kappa shape index (κ2) is 9.31. The van der Waals surface area contributed by atoms with Gasteiger partial charge in [0.1, 0.15) is 17.2 Å². The monoisotopic (exact) mass is 488 g/mol. The highest BCUT2D eigenvalue weighted by Gasteiger charge is 2.47. The Morgan fingerprint density at radius 1 is 0.800 bits per heavy atom. The summed E-state index contributed by atoms with van der Waals surface area (Å²) in [5.41, 5.74) is 3.08. The molecule has 7 nitrogen and oxygen atoms in total. The van der Waals surface area contributed by atoms with E-state index in [1.165, 1.54) is 6.20 Å². The lowest BCUT2D eigenvalue weighted by molar-refractivity contribution is 0.0870. The summed E-state index contributed by atoms with van der Waals surface area (Å²) in [4.78, 5) is 8.95. The SMILES string of the molecule is COc1ccc(-c2c[nH]cc2S(=O)(=O)C2C(c3ccccc3)=NOC2c2ccc(OC)cc2)cc1. The van der Waals surface area contributed by atoms with Gasteiger partial charge in [-0.25, -0.2) is 8.42 Å². The molecule has 2 unspecified atom stereocenters. The maximum absolute atomic E-state index is 14.3. The molecule has 0 radical (unpaired) electrons. The molecule has 0 saturated carbocycles. The van der Waals surface area contributed by atoms with Gasteiger partial charge in [-0.3, -0.25) is 0 Å². The lowest BCUT2D eigenvalue weighted by atomic mass is 9.99. The van der Waals surface area contributed by atoms with Gasteiger partial charge in [-0.05, 0) is 35.4 Å². The first-order valence-corrected chi connectivity index (χ1v) is 12.6. The Morgan fingerprint density at radius 3 is 2.06 bits per heavy atom. The Labute approximate surface area is 203 Å². The number of ether oxygens (including phenoxy) is 2. The molecule has 0 fully saturated rings. The molecule has 2 atom stereocenters. The molecule has 1 aliphatic heterocycles. The van der Waals surface area contributed by atoms with Crippen LogP contribution in [-0.4, -0.2) is 38.6 Å². The Kier molecular flexibility index (Phi) is 6.05. The number of oxime groups is 1.